The first kappa shape index (κ1) is 21.6. The standard InChI is InChI=1S/C22H30N4O5/c1-31-22(29)26-12-17(13-26)16-9-18(20(27)24-30)19(23-10-16)21(28)25-8-7-15(11-25)14-5-3-2-4-6-14/h2-6,15-19,23,30H,7-13H2,1H3,(H,24,27)/t15-,16+,18-,19-/m0/s1. The summed E-state index contributed by atoms with van der Waals surface area (Å²) in [7, 11) is 1.36. The number of carbonyl (C=O) groups is 3. The Morgan fingerprint density at radius 1 is 1.10 bits per heavy atom. The number of carbonyl (C=O) groups excluding carboxylic acids is 3. The number of hydrogen-bond acceptors (Lipinski definition) is 6. The molecule has 0 spiro atoms. The summed E-state index contributed by atoms with van der Waals surface area (Å²) in [4.78, 5) is 40.8. The molecule has 9 heteroatoms. The molecule has 0 saturated carbocycles. The van der Waals surface area contributed by atoms with Crippen LogP contribution in [-0.2, 0) is 14.3 Å². The molecule has 1 aromatic carbocycles. The molecule has 3 saturated heterocycles. The molecule has 0 aromatic heterocycles. The highest BCUT2D eigenvalue weighted by atomic mass is 16.5. The number of nitrogens with one attached hydrogen (secondary N) is 2. The van der Waals surface area contributed by atoms with Crippen LogP contribution in [0.25, 0.3) is 0 Å². The van der Waals surface area contributed by atoms with Crippen LogP contribution in [0.5, 0.6) is 0 Å². The lowest BCUT2D eigenvalue weighted by Gasteiger charge is -2.46. The molecule has 168 valence electrons. The fraction of sp³-hybridized carbons (Fsp3) is 0.591. The Morgan fingerprint density at radius 2 is 1.84 bits per heavy atom. The molecule has 0 aliphatic carbocycles. The third-order valence-electron chi connectivity index (χ3n) is 7.05. The van der Waals surface area contributed by atoms with Crippen LogP contribution in [0.4, 0.5) is 4.79 Å². The van der Waals surface area contributed by atoms with Crippen molar-refractivity contribution in [2.75, 3.05) is 39.8 Å². The molecule has 3 fully saturated rings. The number of amides is 3. The van der Waals surface area contributed by atoms with Crippen LogP contribution < -0.4 is 10.8 Å². The Bertz CT molecular complexity index is 813. The molecule has 9 nitrogen and oxygen atoms in total. The summed E-state index contributed by atoms with van der Waals surface area (Å²) in [5, 5.41) is 12.5. The van der Waals surface area contributed by atoms with Crippen LogP contribution in [0.2, 0.25) is 0 Å². The van der Waals surface area contributed by atoms with Crippen LogP contribution in [0.15, 0.2) is 30.3 Å². The van der Waals surface area contributed by atoms with Crippen LogP contribution in [0, 0.1) is 17.8 Å². The van der Waals surface area contributed by atoms with E-state index >= 15 is 0 Å². The molecule has 0 bridgehead atoms. The van der Waals surface area contributed by atoms with Crippen molar-refractivity contribution in [2.45, 2.75) is 24.8 Å². The first-order valence-corrected chi connectivity index (χ1v) is 10.9. The largest absolute Gasteiger partial charge is 0.453 e. The molecule has 3 aliphatic rings. The van der Waals surface area contributed by atoms with Crippen LogP contribution in [0.1, 0.15) is 24.3 Å². The van der Waals surface area contributed by atoms with Crippen molar-refractivity contribution in [3.05, 3.63) is 35.9 Å². The zero-order valence-corrected chi connectivity index (χ0v) is 17.7. The summed E-state index contributed by atoms with van der Waals surface area (Å²) in [6.45, 7) is 3.05. The van der Waals surface area contributed by atoms with E-state index in [4.69, 9.17) is 4.74 Å². The van der Waals surface area contributed by atoms with Crippen molar-refractivity contribution in [3.8, 4) is 0 Å². The Morgan fingerprint density at radius 3 is 2.52 bits per heavy atom. The van der Waals surface area contributed by atoms with Crippen molar-refractivity contribution in [1.82, 2.24) is 20.6 Å². The summed E-state index contributed by atoms with van der Waals surface area (Å²) in [5.41, 5.74) is 2.96. The first-order chi connectivity index (χ1) is 15.0. The minimum atomic E-state index is -0.658. The number of methoxy groups -OCH3 is 1. The van der Waals surface area contributed by atoms with Gasteiger partial charge in [-0.1, -0.05) is 30.3 Å². The van der Waals surface area contributed by atoms with Gasteiger partial charge in [0.25, 0.3) is 0 Å². The number of hydrogen-bond donors (Lipinski definition) is 3. The number of rotatable bonds is 4. The second kappa shape index (κ2) is 9.23. The van der Waals surface area contributed by atoms with E-state index in [1.807, 2.05) is 23.1 Å². The lowest BCUT2D eigenvalue weighted by Crippen LogP contribution is -2.62. The molecule has 31 heavy (non-hydrogen) atoms. The molecule has 3 heterocycles. The SMILES string of the molecule is COC(=O)N1CC([C@H]2CN[C@H](C(=O)N3CC[C@H](c4ccccc4)C3)[C@@H](C(=O)NO)C2)C1. The Balaban J connectivity index is 1.38. The van der Waals surface area contributed by atoms with Gasteiger partial charge in [-0.25, -0.2) is 10.3 Å². The molecule has 4 rings (SSSR count). The minimum Gasteiger partial charge on any atom is -0.453 e. The summed E-state index contributed by atoms with van der Waals surface area (Å²) in [5.74, 6) is -0.604. The van der Waals surface area contributed by atoms with Gasteiger partial charge in [-0.05, 0) is 36.8 Å². The number of benzene rings is 1. The summed E-state index contributed by atoms with van der Waals surface area (Å²) in [6.07, 6.45) is 1.04. The molecule has 3 aliphatic heterocycles. The fourth-order valence-electron chi connectivity index (χ4n) is 5.17. The van der Waals surface area contributed by atoms with Gasteiger partial charge in [-0.15, -0.1) is 0 Å². The Labute approximate surface area is 181 Å². The van der Waals surface area contributed by atoms with Crippen LogP contribution >= 0.6 is 0 Å². The van der Waals surface area contributed by atoms with Gasteiger partial charge in [-0.3, -0.25) is 14.8 Å². The first-order valence-electron chi connectivity index (χ1n) is 10.9. The molecular formula is C22H30N4O5. The predicted molar refractivity (Wildman–Crippen MR) is 111 cm³/mol. The van der Waals surface area contributed by atoms with E-state index in [9.17, 15) is 19.6 Å². The summed E-state index contributed by atoms with van der Waals surface area (Å²) >= 11 is 0. The van der Waals surface area contributed by atoms with Gasteiger partial charge >= 0.3 is 6.09 Å². The number of nitrogens with zero attached hydrogens (tertiary/aromatic N) is 2. The lowest BCUT2D eigenvalue weighted by molar-refractivity contribution is -0.144. The lowest BCUT2D eigenvalue weighted by atomic mass is 9.75. The number of likely N-dealkylation sites (tertiary alicyclic amines) is 2. The van der Waals surface area contributed by atoms with E-state index in [1.54, 1.807) is 10.4 Å². The number of piperidine rings is 1. The van der Waals surface area contributed by atoms with E-state index in [-0.39, 0.29) is 23.8 Å². The third-order valence-corrected chi connectivity index (χ3v) is 7.05. The molecule has 4 atom stereocenters. The molecular weight excluding hydrogens is 400 g/mol. The van der Waals surface area contributed by atoms with Gasteiger partial charge < -0.3 is 19.9 Å². The van der Waals surface area contributed by atoms with Gasteiger partial charge in [0, 0.05) is 32.1 Å². The quantitative estimate of drug-likeness (QED) is 0.481. The smallest absolute Gasteiger partial charge is 0.409 e. The van der Waals surface area contributed by atoms with Gasteiger partial charge in [0.15, 0.2) is 0 Å². The molecule has 0 unspecified atom stereocenters. The summed E-state index contributed by atoms with van der Waals surface area (Å²) < 4.78 is 4.74. The highest BCUT2D eigenvalue weighted by molar-refractivity contribution is 5.90. The van der Waals surface area contributed by atoms with Gasteiger partial charge in [0.1, 0.15) is 0 Å². The maximum atomic E-state index is 13.3. The second-order valence-corrected chi connectivity index (χ2v) is 8.78. The van der Waals surface area contributed by atoms with Crippen molar-refractivity contribution in [1.29, 1.82) is 0 Å². The second-order valence-electron chi connectivity index (χ2n) is 8.78. The van der Waals surface area contributed by atoms with Crippen molar-refractivity contribution in [2.24, 2.45) is 17.8 Å². The average Bonchev–Trinajstić information content (AvgIpc) is 3.27. The highest BCUT2D eigenvalue weighted by Crippen LogP contribution is 2.34. The van der Waals surface area contributed by atoms with E-state index in [0.717, 1.165) is 6.42 Å². The van der Waals surface area contributed by atoms with E-state index in [1.165, 1.54) is 12.7 Å². The van der Waals surface area contributed by atoms with E-state index in [0.29, 0.717) is 45.1 Å². The normalized spacial score (nSPS) is 28.7. The van der Waals surface area contributed by atoms with Crippen LogP contribution in [0.3, 0.4) is 0 Å². The third kappa shape index (κ3) is 4.38. The average molecular weight is 431 g/mol. The Hall–Kier alpha value is -2.65. The predicted octanol–water partition coefficient (Wildman–Crippen LogP) is 0.800. The van der Waals surface area contributed by atoms with Crippen molar-refractivity contribution in [3.63, 3.8) is 0 Å². The number of ether oxygens (including phenoxy) is 1. The maximum absolute atomic E-state index is 13.3. The van der Waals surface area contributed by atoms with Gasteiger partial charge in [0.05, 0.1) is 19.1 Å². The minimum absolute atomic E-state index is 0.0877. The maximum Gasteiger partial charge on any atom is 0.409 e. The molecule has 0 radical (unpaired) electrons. The molecule has 3 N–H and O–H groups in total. The van der Waals surface area contributed by atoms with Gasteiger partial charge in [-0.2, -0.15) is 0 Å². The highest BCUT2D eigenvalue weighted by Gasteiger charge is 2.46. The number of hydroxylamine groups is 1. The fourth-order valence-corrected chi connectivity index (χ4v) is 5.17. The van der Waals surface area contributed by atoms with E-state index < -0.39 is 17.9 Å². The molecule has 3 amide bonds. The van der Waals surface area contributed by atoms with Crippen molar-refractivity contribution >= 4 is 17.9 Å². The summed E-state index contributed by atoms with van der Waals surface area (Å²) in [6, 6.07) is 9.50. The Kier molecular flexibility index (Phi) is 6.43. The van der Waals surface area contributed by atoms with Crippen LogP contribution in [-0.4, -0.2) is 78.8 Å². The van der Waals surface area contributed by atoms with Crippen molar-refractivity contribution < 1.29 is 24.3 Å². The van der Waals surface area contributed by atoms with Gasteiger partial charge in [0.2, 0.25) is 11.8 Å². The van der Waals surface area contributed by atoms with E-state index in [2.05, 4.69) is 17.4 Å². The zero-order valence-electron chi connectivity index (χ0n) is 17.7. The molecule has 1 aromatic rings. The zero-order chi connectivity index (χ0) is 22.0. The topological polar surface area (TPSA) is 111 Å². The monoisotopic (exact) mass is 430 g/mol.